The highest BCUT2D eigenvalue weighted by atomic mass is 35.5. The van der Waals surface area contributed by atoms with E-state index < -0.39 is 5.97 Å². The second-order valence-electron chi connectivity index (χ2n) is 4.27. The molecule has 0 aliphatic rings. The first-order valence-corrected chi connectivity index (χ1v) is 6.64. The summed E-state index contributed by atoms with van der Waals surface area (Å²) in [6.07, 6.45) is 7.41. The van der Waals surface area contributed by atoms with Gasteiger partial charge in [0.05, 0.1) is 11.3 Å². The molecule has 20 heavy (non-hydrogen) atoms. The monoisotopic (exact) mass is 294 g/mol. The fourth-order valence-corrected chi connectivity index (χ4v) is 1.93. The third kappa shape index (κ3) is 3.96. The maximum absolute atomic E-state index is 10.9. The number of unbranched alkanes of at least 4 members (excludes halogenated alkanes) is 1. The Kier molecular flexibility index (Phi) is 4.95. The lowest BCUT2D eigenvalue weighted by molar-refractivity contribution is 0.0691. The average Bonchev–Trinajstić information content (AvgIpc) is 2.93. The Morgan fingerprint density at radius 2 is 2.25 bits per heavy atom. The number of anilines is 1. The summed E-state index contributed by atoms with van der Waals surface area (Å²) in [5.74, 6) is -0.604. The maximum atomic E-state index is 10.9. The number of nitrogens with one attached hydrogen (secondary N) is 1. The lowest BCUT2D eigenvalue weighted by atomic mass is 10.3. The molecule has 2 aromatic rings. The summed E-state index contributed by atoms with van der Waals surface area (Å²) in [6.45, 7) is 1.64. The number of aryl methyl sites for hydroxylation is 1. The lowest BCUT2D eigenvalue weighted by Gasteiger charge is -2.07. The van der Waals surface area contributed by atoms with Crippen molar-refractivity contribution >= 4 is 23.4 Å². The van der Waals surface area contributed by atoms with Crippen molar-refractivity contribution in [2.24, 2.45) is 0 Å². The van der Waals surface area contributed by atoms with E-state index in [2.05, 4.69) is 15.3 Å². The third-order valence-electron chi connectivity index (χ3n) is 2.76. The number of carbonyl (C=O) groups is 1. The Hall–Kier alpha value is -2.08. The van der Waals surface area contributed by atoms with Crippen molar-refractivity contribution < 1.29 is 9.90 Å². The molecule has 0 saturated carbocycles. The van der Waals surface area contributed by atoms with Crippen LogP contribution in [-0.4, -0.2) is 32.2 Å². The number of aromatic carboxylic acids is 1. The summed E-state index contributed by atoms with van der Waals surface area (Å²) < 4.78 is 2.02. The van der Waals surface area contributed by atoms with Crippen LogP contribution in [0.5, 0.6) is 0 Å². The van der Waals surface area contributed by atoms with Crippen LogP contribution in [0, 0.1) is 0 Å². The van der Waals surface area contributed by atoms with E-state index >= 15 is 0 Å². The molecule has 106 valence electrons. The molecule has 2 aromatic heterocycles. The summed E-state index contributed by atoms with van der Waals surface area (Å²) in [6, 6.07) is 3.20. The van der Waals surface area contributed by atoms with E-state index in [4.69, 9.17) is 16.7 Å². The van der Waals surface area contributed by atoms with Gasteiger partial charge in [-0.1, -0.05) is 11.6 Å². The van der Waals surface area contributed by atoms with Crippen molar-refractivity contribution in [3.63, 3.8) is 0 Å². The predicted molar refractivity (Wildman–Crippen MR) is 76.2 cm³/mol. The van der Waals surface area contributed by atoms with Gasteiger partial charge in [-0.25, -0.2) is 14.8 Å². The van der Waals surface area contributed by atoms with Gasteiger partial charge in [0, 0.05) is 25.5 Å². The van der Waals surface area contributed by atoms with Crippen LogP contribution in [0.3, 0.4) is 0 Å². The van der Waals surface area contributed by atoms with Gasteiger partial charge in [-0.2, -0.15) is 0 Å². The smallest absolute Gasteiger partial charge is 0.356 e. The summed E-state index contributed by atoms with van der Waals surface area (Å²) in [4.78, 5) is 18.8. The SMILES string of the molecule is O=C(O)c1nc(NCCCCn2ccnc2)ccc1Cl. The number of rotatable bonds is 7. The minimum Gasteiger partial charge on any atom is -0.476 e. The summed E-state index contributed by atoms with van der Waals surface area (Å²) in [7, 11) is 0. The van der Waals surface area contributed by atoms with E-state index in [-0.39, 0.29) is 10.7 Å². The fourth-order valence-electron chi connectivity index (χ4n) is 1.75. The van der Waals surface area contributed by atoms with Gasteiger partial charge in [-0.05, 0) is 25.0 Å². The van der Waals surface area contributed by atoms with Gasteiger partial charge < -0.3 is 15.0 Å². The van der Waals surface area contributed by atoms with Gasteiger partial charge in [-0.3, -0.25) is 0 Å². The Morgan fingerprint density at radius 1 is 1.40 bits per heavy atom. The van der Waals surface area contributed by atoms with E-state index in [0.717, 1.165) is 25.9 Å². The number of imidazole rings is 1. The topological polar surface area (TPSA) is 80.0 Å². The Balaban J connectivity index is 1.76. The molecule has 2 N–H and O–H groups in total. The van der Waals surface area contributed by atoms with Crippen molar-refractivity contribution in [2.75, 3.05) is 11.9 Å². The zero-order chi connectivity index (χ0) is 14.4. The number of pyridine rings is 1. The zero-order valence-electron chi connectivity index (χ0n) is 10.8. The standard InChI is InChI=1S/C13H15ClN4O2/c14-10-3-4-11(17-12(10)13(19)20)16-5-1-2-7-18-8-6-15-9-18/h3-4,6,8-9H,1-2,5,7H2,(H,16,17)(H,19,20). The molecule has 0 aliphatic heterocycles. The predicted octanol–water partition coefficient (Wildman–Crippen LogP) is 2.52. The van der Waals surface area contributed by atoms with Crippen LogP contribution < -0.4 is 5.32 Å². The van der Waals surface area contributed by atoms with E-state index in [1.165, 1.54) is 6.07 Å². The van der Waals surface area contributed by atoms with Gasteiger partial charge >= 0.3 is 5.97 Å². The first-order valence-electron chi connectivity index (χ1n) is 6.26. The molecule has 0 saturated heterocycles. The van der Waals surface area contributed by atoms with Crippen LogP contribution in [0.25, 0.3) is 0 Å². The highest BCUT2D eigenvalue weighted by Gasteiger charge is 2.10. The van der Waals surface area contributed by atoms with Crippen LogP contribution in [-0.2, 0) is 6.54 Å². The van der Waals surface area contributed by atoms with Crippen LogP contribution in [0.15, 0.2) is 30.9 Å². The van der Waals surface area contributed by atoms with Gasteiger partial charge in [0.1, 0.15) is 5.82 Å². The van der Waals surface area contributed by atoms with Gasteiger partial charge in [0.25, 0.3) is 0 Å². The first-order chi connectivity index (χ1) is 9.66. The molecule has 0 aromatic carbocycles. The molecule has 0 radical (unpaired) electrons. The molecule has 2 rings (SSSR count). The number of hydrogen-bond donors (Lipinski definition) is 2. The van der Waals surface area contributed by atoms with Crippen molar-refractivity contribution in [1.29, 1.82) is 0 Å². The van der Waals surface area contributed by atoms with Crippen molar-refractivity contribution in [3.8, 4) is 0 Å². The number of carboxylic acids is 1. The molecule has 6 nitrogen and oxygen atoms in total. The first kappa shape index (κ1) is 14.3. The average molecular weight is 295 g/mol. The van der Waals surface area contributed by atoms with E-state index in [1.54, 1.807) is 18.6 Å². The number of nitrogens with zero attached hydrogens (tertiary/aromatic N) is 3. The quantitative estimate of drug-likeness (QED) is 0.767. The number of hydrogen-bond acceptors (Lipinski definition) is 4. The van der Waals surface area contributed by atoms with E-state index in [9.17, 15) is 4.79 Å². The van der Waals surface area contributed by atoms with Gasteiger partial charge in [-0.15, -0.1) is 0 Å². The summed E-state index contributed by atoms with van der Waals surface area (Å²) >= 11 is 5.75. The van der Waals surface area contributed by atoms with Gasteiger partial charge in [0.2, 0.25) is 0 Å². The second kappa shape index (κ2) is 6.91. The zero-order valence-corrected chi connectivity index (χ0v) is 11.5. The normalized spacial score (nSPS) is 10.4. The molecule has 0 amide bonds. The Morgan fingerprint density at radius 3 is 2.95 bits per heavy atom. The molecule has 0 unspecified atom stereocenters. The summed E-state index contributed by atoms with van der Waals surface area (Å²) in [5, 5.41) is 12.2. The van der Waals surface area contributed by atoms with Crippen molar-refractivity contribution in [3.05, 3.63) is 41.6 Å². The van der Waals surface area contributed by atoms with Crippen LogP contribution in [0.4, 0.5) is 5.82 Å². The minimum atomic E-state index is -1.13. The highest BCUT2D eigenvalue weighted by Crippen LogP contribution is 2.16. The molecule has 0 fully saturated rings. The molecule has 0 spiro atoms. The van der Waals surface area contributed by atoms with Crippen LogP contribution in [0.1, 0.15) is 23.3 Å². The van der Waals surface area contributed by atoms with Crippen LogP contribution >= 0.6 is 11.6 Å². The molecular formula is C13H15ClN4O2. The lowest BCUT2D eigenvalue weighted by Crippen LogP contribution is -2.08. The number of carboxylic acid groups (broad SMARTS) is 1. The fraction of sp³-hybridized carbons (Fsp3) is 0.308. The molecule has 2 heterocycles. The second-order valence-corrected chi connectivity index (χ2v) is 4.67. The van der Waals surface area contributed by atoms with E-state index in [0.29, 0.717) is 5.82 Å². The summed E-state index contributed by atoms with van der Waals surface area (Å²) in [5.41, 5.74) is -0.130. The molecule has 0 bridgehead atoms. The third-order valence-corrected chi connectivity index (χ3v) is 3.06. The largest absolute Gasteiger partial charge is 0.476 e. The minimum absolute atomic E-state index is 0.130. The highest BCUT2D eigenvalue weighted by molar-refractivity contribution is 6.33. The van der Waals surface area contributed by atoms with E-state index in [1.807, 2.05) is 10.8 Å². The Labute approximate surface area is 121 Å². The van der Waals surface area contributed by atoms with Crippen molar-refractivity contribution in [2.45, 2.75) is 19.4 Å². The Bertz CT molecular complexity index is 572. The number of halogens is 1. The number of aromatic nitrogens is 3. The molecular weight excluding hydrogens is 280 g/mol. The van der Waals surface area contributed by atoms with Crippen LogP contribution in [0.2, 0.25) is 5.02 Å². The van der Waals surface area contributed by atoms with Gasteiger partial charge in [0.15, 0.2) is 5.69 Å². The maximum Gasteiger partial charge on any atom is 0.356 e. The molecule has 0 atom stereocenters. The molecule has 0 aliphatic carbocycles. The molecule has 7 heteroatoms. The van der Waals surface area contributed by atoms with Crippen molar-refractivity contribution in [1.82, 2.24) is 14.5 Å².